The SMILES string of the molecule is Fc1cc(F)c(NCC(F)F)c(F)c1. The Hall–Kier alpha value is -1.33. The lowest BCUT2D eigenvalue weighted by atomic mass is 10.3. The number of halogens is 5. The smallest absolute Gasteiger partial charge is 0.255 e. The number of benzene rings is 1. The van der Waals surface area contributed by atoms with Gasteiger partial charge in [0.25, 0.3) is 6.43 Å². The molecule has 0 aromatic heterocycles. The molecule has 1 aromatic carbocycles. The average molecular weight is 211 g/mol. The molecule has 0 saturated carbocycles. The summed E-state index contributed by atoms with van der Waals surface area (Å²) in [5, 5.41) is 1.84. The van der Waals surface area contributed by atoms with Gasteiger partial charge < -0.3 is 5.32 Å². The summed E-state index contributed by atoms with van der Waals surface area (Å²) in [6.07, 6.45) is -2.74. The normalized spacial score (nSPS) is 10.7. The van der Waals surface area contributed by atoms with Crippen LogP contribution < -0.4 is 5.32 Å². The number of alkyl halides is 2. The van der Waals surface area contributed by atoms with Gasteiger partial charge in [0, 0.05) is 12.1 Å². The minimum absolute atomic E-state index is 0.414. The van der Waals surface area contributed by atoms with Crippen LogP contribution in [0, 0.1) is 17.5 Å². The molecule has 1 rings (SSSR count). The molecule has 6 heteroatoms. The summed E-state index contributed by atoms with van der Waals surface area (Å²) in [4.78, 5) is 0. The molecular formula is C8H6F5N. The zero-order valence-corrected chi connectivity index (χ0v) is 6.83. The van der Waals surface area contributed by atoms with Crippen molar-refractivity contribution >= 4 is 5.69 Å². The fourth-order valence-electron chi connectivity index (χ4n) is 0.890. The van der Waals surface area contributed by atoms with E-state index in [-0.39, 0.29) is 0 Å². The lowest BCUT2D eigenvalue weighted by molar-refractivity contribution is 0.163. The van der Waals surface area contributed by atoms with Crippen LogP contribution in [0.3, 0.4) is 0 Å². The average Bonchev–Trinajstić information content (AvgIpc) is 2.01. The first kappa shape index (κ1) is 10.7. The molecule has 0 saturated heterocycles. The Kier molecular flexibility index (Phi) is 3.27. The molecule has 1 aromatic rings. The van der Waals surface area contributed by atoms with Crippen LogP contribution >= 0.6 is 0 Å². The fourth-order valence-corrected chi connectivity index (χ4v) is 0.890. The van der Waals surface area contributed by atoms with E-state index in [0.717, 1.165) is 0 Å². The highest BCUT2D eigenvalue weighted by molar-refractivity contribution is 5.46. The van der Waals surface area contributed by atoms with E-state index in [1.807, 2.05) is 5.32 Å². The van der Waals surface area contributed by atoms with E-state index in [0.29, 0.717) is 12.1 Å². The van der Waals surface area contributed by atoms with Crippen molar-refractivity contribution in [3.63, 3.8) is 0 Å². The van der Waals surface area contributed by atoms with Crippen LogP contribution in [-0.4, -0.2) is 13.0 Å². The first-order valence-corrected chi connectivity index (χ1v) is 3.67. The second kappa shape index (κ2) is 4.26. The molecule has 1 nitrogen and oxygen atoms in total. The van der Waals surface area contributed by atoms with Gasteiger partial charge in [-0.3, -0.25) is 0 Å². The number of hydrogen-bond donors (Lipinski definition) is 1. The Morgan fingerprint density at radius 1 is 1.07 bits per heavy atom. The van der Waals surface area contributed by atoms with E-state index in [2.05, 4.69) is 0 Å². The number of rotatable bonds is 3. The monoisotopic (exact) mass is 211 g/mol. The quantitative estimate of drug-likeness (QED) is 0.758. The molecule has 0 aliphatic rings. The number of anilines is 1. The summed E-state index contributed by atoms with van der Waals surface area (Å²) in [5.74, 6) is -3.56. The molecular weight excluding hydrogens is 205 g/mol. The van der Waals surface area contributed by atoms with Gasteiger partial charge in [-0.15, -0.1) is 0 Å². The molecule has 0 unspecified atom stereocenters. The summed E-state index contributed by atoms with van der Waals surface area (Å²) < 4.78 is 61.3. The lowest BCUT2D eigenvalue weighted by Crippen LogP contribution is -2.12. The highest BCUT2D eigenvalue weighted by atomic mass is 19.3. The molecule has 0 heterocycles. The van der Waals surface area contributed by atoms with E-state index in [1.54, 1.807) is 0 Å². The van der Waals surface area contributed by atoms with Gasteiger partial charge in [0.1, 0.15) is 11.5 Å². The van der Waals surface area contributed by atoms with E-state index < -0.39 is 36.1 Å². The molecule has 1 N–H and O–H groups in total. The second-order valence-corrected chi connectivity index (χ2v) is 2.52. The third-order valence-corrected chi connectivity index (χ3v) is 1.44. The van der Waals surface area contributed by atoms with Crippen molar-refractivity contribution in [1.29, 1.82) is 0 Å². The highest BCUT2D eigenvalue weighted by Crippen LogP contribution is 2.20. The Bertz CT molecular complexity index is 303. The van der Waals surface area contributed by atoms with Gasteiger partial charge in [-0.2, -0.15) is 0 Å². The highest BCUT2D eigenvalue weighted by Gasteiger charge is 2.12. The lowest BCUT2D eigenvalue weighted by Gasteiger charge is -2.07. The van der Waals surface area contributed by atoms with Crippen molar-refractivity contribution in [3.8, 4) is 0 Å². The molecule has 0 fully saturated rings. The molecule has 0 radical (unpaired) electrons. The van der Waals surface area contributed by atoms with Crippen molar-refractivity contribution < 1.29 is 22.0 Å². The number of hydrogen-bond acceptors (Lipinski definition) is 1. The van der Waals surface area contributed by atoms with Crippen LogP contribution in [-0.2, 0) is 0 Å². The first-order valence-electron chi connectivity index (χ1n) is 3.67. The molecule has 0 atom stereocenters. The largest absolute Gasteiger partial charge is 0.375 e. The van der Waals surface area contributed by atoms with Gasteiger partial charge in [-0.05, 0) is 0 Å². The Morgan fingerprint density at radius 3 is 2.00 bits per heavy atom. The maximum Gasteiger partial charge on any atom is 0.255 e. The van der Waals surface area contributed by atoms with Crippen LogP contribution in [0.4, 0.5) is 27.6 Å². The first-order chi connectivity index (χ1) is 6.50. The zero-order valence-electron chi connectivity index (χ0n) is 6.83. The van der Waals surface area contributed by atoms with Crippen molar-refractivity contribution in [2.45, 2.75) is 6.43 Å². The summed E-state index contributed by atoms with van der Waals surface area (Å²) in [7, 11) is 0. The minimum atomic E-state index is -2.74. The van der Waals surface area contributed by atoms with Crippen LogP contribution in [0.2, 0.25) is 0 Å². The van der Waals surface area contributed by atoms with E-state index >= 15 is 0 Å². The molecule has 0 amide bonds. The maximum atomic E-state index is 12.8. The summed E-state index contributed by atoms with van der Waals surface area (Å²) >= 11 is 0. The van der Waals surface area contributed by atoms with Crippen molar-refractivity contribution in [3.05, 3.63) is 29.6 Å². The third-order valence-electron chi connectivity index (χ3n) is 1.44. The fraction of sp³-hybridized carbons (Fsp3) is 0.250. The van der Waals surface area contributed by atoms with Crippen LogP contribution in [0.1, 0.15) is 0 Å². The predicted molar refractivity (Wildman–Crippen MR) is 40.8 cm³/mol. The van der Waals surface area contributed by atoms with Gasteiger partial charge in [-0.25, -0.2) is 22.0 Å². The third kappa shape index (κ3) is 2.58. The number of nitrogens with one attached hydrogen (secondary N) is 1. The van der Waals surface area contributed by atoms with Gasteiger partial charge >= 0.3 is 0 Å². The molecule has 0 spiro atoms. The van der Waals surface area contributed by atoms with E-state index in [9.17, 15) is 22.0 Å². The Balaban J connectivity index is 2.86. The van der Waals surface area contributed by atoms with Crippen molar-refractivity contribution in [2.24, 2.45) is 0 Å². The van der Waals surface area contributed by atoms with Crippen LogP contribution in [0.25, 0.3) is 0 Å². The van der Waals surface area contributed by atoms with Gasteiger partial charge in [-0.1, -0.05) is 0 Å². The topological polar surface area (TPSA) is 12.0 Å². The predicted octanol–water partition coefficient (Wildman–Crippen LogP) is 2.78. The zero-order chi connectivity index (χ0) is 10.7. The Labute approximate surface area is 76.5 Å². The van der Waals surface area contributed by atoms with Crippen molar-refractivity contribution in [2.75, 3.05) is 11.9 Å². The Morgan fingerprint density at radius 2 is 1.57 bits per heavy atom. The van der Waals surface area contributed by atoms with Crippen LogP contribution in [0.15, 0.2) is 12.1 Å². The van der Waals surface area contributed by atoms with Gasteiger partial charge in [0.2, 0.25) is 0 Å². The molecule has 78 valence electrons. The minimum Gasteiger partial charge on any atom is -0.375 e. The van der Waals surface area contributed by atoms with Gasteiger partial charge in [0.15, 0.2) is 11.6 Å². The van der Waals surface area contributed by atoms with Gasteiger partial charge in [0.05, 0.1) is 6.54 Å². The van der Waals surface area contributed by atoms with E-state index in [4.69, 9.17) is 0 Å². The molecule has 0 aliphatic carbocycles. The molecule has 0 aliphatic heterocycles. The molecule has 14 heavy (non-hydrogen) atoms. The molecule has 0 bridgehead atoms. The van der Waals surface area contributed by atoms with E-state index in [1.165, 1.54) is 0 Å². The second-order valence-electron chi connectivity index (χ2n) is 2.52. The standard InChI is InChI=1S/C8H6F5N/c9-4-1-5(10)8(6(11)2-4)14-3-7(12)13/h1-2,7,14H,3H2. The van der Waals surface area contributed by atoms with Crippen molar-refractivity contribution in [1.82, 2.24) is 0 Å². The summed E-state index contributed by atoms with van der Waals surface area (Å²) in [5.41, 5.74) is -0.744. The van der Waals surface area contributed by atoms with Crippen LogP contribution in [0.5, 0.6) is 0 Å². The summed E-state index contributed by atoms with van der Waals surface area (Å²) in [6.45, 7) is -0.889. The maximum absolute atomic E-state index is 12.8. The summed E-state index contributed by atoms with van der Waals surface area (Å²) in [6, 6.07) is 0.827.